The maximum Gasteiger partial charge on any atom is 0.271 e. The number of nitro benzene ring substituents is 1. The molecule has 2 aromatic carbocycles. The van der Waals surface area contributed by atoms with Crippen molar-refractivity contribution in [2.24, 2.45) is 0 Å². The molecule has 156 valence electrons. The van der Waals surface area contributed by atoms with Crippen LogP contribution in [0.15, 0.2) is 42.5 Å². The number of rotatable bonds is 8. The van der Waals surface area contributed by atoms with E-state index in [4.69, 9.17) is 0 Å². The van der Waals surface area contributed by atoms with Crippen LogP contribution in [0, 0.1) is 17.0 Å². The lowest BCUT2D eigenvalue weighted by Crippen LogP contribution is -2.40. The minimum Gasteiger partial charge on any atom is -0.378 e. The Kier molecular flexibility index (Phi) is 6.80. The molecule has 0 aliphatic carbocycles. The van der Waals surface area contributed by atoms with Gasteiger partial charge in [0.25, 0.3) is 5.69 Å². The molecule has 0 spiro atoms. The minimum absolute atomic E-state index is 0.104. The zero-order valence-electron chi connectivity index (χ0n) is 16.7. The van der Waals surface area contributed by atoms with E-state index in [1.807, 2.05) is 43.3 Å². The quantitative estimate of drug-likeness (QED) is 0.517. The fourth-order valence-electron chi connectivity index (χ4n) is 2.66. The third kappa shape index (κ3) is 5.92. The summed E-state index contributed by atoms with van der Waals surface area (Å²) in [6.07, 6.45) is 0.957. The number of sulfonamides is 1. The molecule has 0 fully saturated rings. The molecule has 0 aromatic heterocycles. The first-order valence-corrected chi connectivity index (χ1v) is 10.6. The summed E-state index contributed by atoms with van der Waals surface area (Å²) in [4.78, 5) is 24.8. The van der Waals surface area contributed by atoms with Gasteiger partial charge in [-0.1, -0.05) is 18.2 Å². The number of aryl methyl sites for hydroxylation is 1. The smallest absolute Gasteiger partial charge is 0.271 e. The summed E-state index contributed by atoms with van der Waals surface area (Å²) >= 11 is 0. The predicted molar refractivity (Wildman–Crippen MR) is 113 cm³/mol. The van der Waals surface area contributed by atoms with Gasteiger partial charge in [-0.25, -0.2) is 8.42 Å². The van der Waals surface area contributed by atoms with Crippen LogP contribution in [0.1, 0.15) is 11.1 Å². The summed E-state index contributed by atoms with van der Waals surface area (Å²) in [6, 6.07) is 11.5. The number of nitro groups is 1. The highest BCUT2D eigenvalue weighted by molar-refractivity contribution is 7.92. The van der Waals surface area contributed by atoms with Gasteiger partial charge in [-0.15, -0.1) is 0 Å². The molecule has 0 aliphatic heterocycles. The number of non-ortho nitro benzene ring substituents is 1. The fourth-order valence-corrected chi connectivity index (χ4v) is 3.57. The number of hydrogen-bond donors (Lipinski definition) is 1. The number of amides is 1. The van der Waals surface area contributed by atoms with Gasteiger partial charge in [0.15, 0.2) is 0 Å². The van der Waals surface area contributed by atoms with Crippen molar-refractivity contribution < 1.29 is 18.1 Å². The van der Waals surface area contributed by atoms with Crippen molar-refractivity contribution in [1.29, 1.82) is 0 Å². The van der Waals surface area contributed by atoms with Gasteiger partial charge in [-0.05, 0) is 30.2 Å². The van der Waals surface area contributed by atoms with Crippen LogP contribution in [0.5, 0.6) is 0 Å². The number of nitrogens with one attached hydrogen (secondary N) is 1. The van der Waals surface area contributed by atoms with Crippen LogP contribution in [0.3, 0.4) is 0 Å². The van der Waals surface area contributed by atoms with Crippen molar-refractivity contribution in [2.75, 3.05) is 36.1 Å². The van der Waals surface area contributed by atoms with Gasteiger partial charge in [0.05, 0.1) is 16.9 Å². The molecule has 0 radical (unpaired) electrons. The van der Waals surface area contributed by atoms with E-state index in [9.17, 15) is 23.3 Å². The molecular formula is C19H24N4O5S. The summed E-state index contributed by atoms with van der Waals surface area (Å²) in [5.41, 5.74) is 2.24. The number of nitrogens with zero attached hydrogens (tertiary/aromatic N) is 3. The van der Waals surface area contributed by atoms with Gasteiger partial charge in [-0.3, -0.25) is 19.2 Å². The van der Waals surface area contributed by atoms with Gasteiger partial charge in [0.2, 0.25) is 15.9 Å². The van der Waals surface area contributed by atoms with E-state index in [1.165, 1.54) is 12.1 Å². The van der Waals surface area contributed by atoms with E-state index in [0.29, 0.717) is 5.56 Å². The molecule has 0 saturated heterocycles. The lowest BCUT2D eigenvalue weighted by molar-refractivity contribution is -0.384. The SMILES string of the molecule is Cc1ccc([N+](=O)[O-])cc1N(CC(=O)NCc1ccc(N(C)C)cc1)S(C)(=O)=O. The van der Waals surface area contributed by atoms with Crippen molar-refractivity contribution >= 4 is 33.0 Å². The summed E-state index contributed by atoms with van der Waals surface area (Å²) < 4.78 is 25.4. The Balaban J connectivity index is 2.16. The molecule has 0 saturated carbocycles. The Morgan fingerprint density at radius 1 is 1.14 bits per heavy atom. The van der Waals surface area contributed by atoms with E-state index in [2.05, 4.69) is 5.32 Å². The highest BCUT2D eigenvalue weighted by Gasteiger charge is 2.24. The van der Waals surface area contributed by atoms with Crippen molar-refractivity contribution in [2.45, 2.75) is 13.5 Å². The molecule has 0 heterocycles. The Labute approximate surface area is 170 Å². The number of hydrogen-bond acceptors (Lipinski definition) is 6. The van der Waals surface area contributed by atoms with E-state index in [0.717, 1.165) is 27.9 Å². The van der Waals surface area contributed by atoms with Crippen LogP contribution >= 0.6 is 0 Å². The molecule has 9 nitrogen and oxygen atoms in total. The molecule has 10 heteroatoms. The molecule has 0 aliphatic rings. The molecule has 2 rings (SSSR count). The Morgan fingerprint density at radius 3 is 2.28 bits per heavy atom. The van der Waals surface area contributed by atoms with E-state index in [1.54, 1.807) is 6.92 Å². The van der Waals surface area contributed by atoms with Gasteiger partial charge >= 0.3 is 0 Å². The van der Waals surface area contributed by atoms with E-state index >= 15 is 0 Å². The normalized spacial score (nSPS) is 11.0. The molecule has 0 bridgehead atoms. The highest BCUT2D eigenvalue weighted by atomic mass is 32.2. The molecule has 0 atom stereocenters. The first-order chi connectivity index (χ1) is 13.5. The summed E-state index contributed by atoms with van der Waals surface area (Å²) in [7, 11) is 0.0145. The van der Waals surface area contributed by atoms with Crippen molar-refractivity contribution in [1.82, 2.24) is 5.32 Å². The topological polar surface area (TPSA) is 113 Å². The van der Waals surface area contributed by atoms with Crippen LogP contribution in [0.25, 0.3) is 0 Å². The Bertz CT molecular complexity index is 1000. The first kappa shape index (κ1) is 22.2. The second-order valence-electron chi connectivity index (χ2n) is 6.84. The number of carbonyl (C=O) groups excluding carboxylic acids is 1. The molecule has 0 unspecified atom stereocenters. The number of carbonyl (C=O) groups is 1. The van der Waals surface area contributed by atoms with Crippen molar-refractivity contribution in [3.8, 4) is 0 Å². The monoisotopic (exact) mass is 420 g/mol. The van der Waals surface area contributed by atoms with Crippen molar-refractivity contribution in [3.63, 3.8) is 0 Å². The zero-order chi connectivity index (χ0) is 21.8. The Hall–Kier alpha value is -3.14. The summed E-state index contributed by atoms with van der Waals surface area (Å²) in [6.45, 7) is 1.39. The van der Waals surface area contributed by atoms with E-state index < -0.39 is 27.4 Å². The molecular weight excluding hydrogens is 396 g/mol. The summed E-state index contributed by atoms with van der Waals surface area (Å²) in [5, 5.41) is 13.7. The number of anilines is 2. The summed E-state index contributed by atoms with van der Waals surface area (Å²) in [5.74, 6) is -0.516. The maximum atomic E-state index is 12.4. The molecule has 1 amide bonds. The maximum absolute atomic E-state index is 12.4. The second-order valence-corrected chi connectivity index (χ2v) is 8.74. The van der Waals surface area contributed by atoms with Crippen LogP contribution in [0.4, 0.5) is 17.1 Å². The largest absolute Gasteiger partial charge is 0.378 e. The highest BCUT2D eigenvalue weighted by Crippen LogP contribution is 2.27. The average molecular weight is 420 g/mol. The van der Waals surface area contributed by atoms with Gasteiger partial charge < -0.3 is 10.2 Å². The second kappa shape index (κ2) is 8.91. The van der Waals surface area contributed by atoms with Crippen molar-refractivity contribution in [3.05, 3.63) is 63.7 Å². The third-order valence-corrected chi connectivity index (χ3v) is 5.43. The molecule has 29 heavy (non-hydrogen) atoms. The standard InChI is InChI=1S/C19H24N4O5S/c1-14-5-8-17(23(25)26)11-18(14)22(29(4,27)28)13-19(24)20-12-15-6-9-16(10-7-15)21(2)3/h5-11H,12-13H2,1-4H3,(H,20,24). The molecule has 2 aromatic rings. The average Bonchev–Trinajstić information content (AvgIpc) is 2.64. The van der Waals surface area contributed by atoms with Crippen LogP contribution in [-0.4, -0.2) is 46.1 Å². The van der Waals surface area contributed by atoms with Gasteiger partial charge in [-0.2, -0.15) is 0 Å². The van der Waals surface area contributed by atoms with Gasteiger partial charge in [0.1, 0.15) is 6.54 Å². The third-order valence-electron chi connectivity index (χ3n) is 4.30. The lowest BCUT2D eigenvalue weighted by Gasteiger charge is -2.23. The lowest BCUT2D eigenvalue weighted by atomic mass is 10.2. The van der Waals surface area contributed by atoms with Crippen LogP contribution in [-0.2, 0) is 21.4 Å². The van der Waals surface area contributed by atoms with E-state index in [-0.39, 0.29) is 17.9 Å². The van der Waals surface area contributed by atoms with Crippen LogP contribution in [0.2, 0.25) is 0 Å². The molecule has 1 N–H and O–H groups in total. The number of benzene rings is 2. The minimum atomic E-state index is -3.83. The Morgan fingerprint density at radius 2 is 1.76 bits per heavy atom. The van der Waals surface area contributed by atoms with Gasteiger partial charge in [0, 0.05) is 38.5 Å². The predicted octanol–water partition coefficient (Wildman–Crippen LogP) is 2.05. The fraction of sp³-hybridized carbons (Fsp3) is 0.316. The first-order valence-electron chi connectivity index (χ1n) is 8.74. The van der Waals surface area contributed by atoms with Crippen LogP contribution < -0.4 is 14.5 Å². The zero-order valence-corrected chi connectivity index (χ0v) is 17.6.